The third kappa shape index (κ3) is 2.64. The largest absolute Gasteiger partial charge is 0.481 e. The van der Waals surface area contributed by atoms with Gasteiger partial charge in [0.15, 0.2) is 0 Å². The fourth-order valence-corrected chi connectivity index (χ4v) is 0.516. The van der Waals surface area contributed by atoms with Gasteiger partial charge in [-0.05, 0) is 13.8 Å². The molecule has 0 saturated carbocycles. The Morgan fingerprint density at radius 1 is 1.70 bits per heavy atom. The highest BCUT2D eigenvalue weighted by molar-refractivity contribution is 5.72. The molecule has 1 atom stereocenters. The molecule has 1 unspecified atom stereocenters. The number of aliphatic carboxylic acids is 1. The van der Waals surface area contributed by atoms with Crippen molar-refractivity contribution in [3.05, 3.63) is 11.6 Å². The van der Waals surface area contributed by atoms with Gasteiger partial charge >= 0.3 is 5.97 Å². The molecule has 0 aliphatic rings. The van der Waals surface area contributed by atoms with Crippen molar-refractivity contribution in [1.29, 1.82) is 0 Å². The second kappa shape index (κ2) is 4.06. The summed E-state index contributed by atoms with van der Waals surface area (Å²) in [5.74, 6) is -1.35. The van der Waals surface area contributed by atoms with E-state index in [9.17, 15) is 4.79 Å². The SMILES string of the molecule is CC(=CCO)C(C)C(=O)O. The van der Waals surface area contributed by atoms with E-state index in [0.717, 1.165) is 0 Å². The average Bonchev–Trinajstić information content (AvgIpc) is 1.87. The van der Waals surface area contributed by atoms with Gasteiger partial charge in [0.2, 0.25) is 0 Å². The van der Waals surface area contributed by atoms with Gasteiger partial charge in [-0.15, -0.1) is 0 Å². The number of aliphatic hydroxyl groups excluding tert-OH is 1. The second-order valence-electron chi connectivity index (χ2n) is 2.19. The van der Waals surface area contributed by atoms with Crippen LogP contribution in [0.15, 0.2) is 11.6 Å². The maximum atomic E-state index is 10.3. The molecule has 0 radical (unpaired) electrons. The molecular formula is C7H12O3. The van der Waals surface area contributed by atoms with E-state index in [-0.39, 0.29) is 6.61 Å². The van der Waals surface area contributed by atoms with Gasteiger partial charge in [0, 0.05) is 0 Å². The number of hydrogen-bond acceptors (Lipinski definition) is 2. The normalized spacial score (nSPS) is 14.9. The van der Waals surface area contributed by atoms with Crippen molar-refractivity contribution in [2.45, 2.75) is 13.8 Å². The molecule has 3 heteroatoms. The van der Waals surface area contributed by atoms with E-state index in [0.29, 0.717) is 5.57 Å². The van der Waals surface area contributed by atoms with Gasteiger partial charge in [0.1, 0.15) is 0 Å². The lowest BCUT2D eigenvalue weighted by molar-refractivity contribution is -0.139. The monoisotopic (exact) mass is 144 g/mol. The maximum Gasteiger partial charge on any atom is 0.310 e. The van der Waals surface area contributed by atoms with Crippen LogP contribution in [0.2, 0.25) is 0 Å². The predicted octanol–water partition coefficient (Wildman–Crippen LogP) is 0.646. The Bertz CT molecular complexity index is 149. The van der Waals surface area contributed by atoms with Crippen LogP contribution in [0.25, 0.3) is 0 Å². The van der Waals surface area contributed by atoms with Crippen LogP contribution < -0.4 is 0 Å². The molecule has 0 spiro atoms. The van der Waals surface area contributed by atoms with E-state index in [1.165, 1.54) is 6.08 Å². The van der Waals surface area contributed by atoms with Crippen LogP contribution in [0.4, 0.5) is 0 Å². The van der Waals surface area contributed by atoms with Gasteiger partial charge < -0.3 is 10.2 Å². The number of aliphatic hydroxyl groups is 1. The molecule has 0 aliphatic carbocycles. The number of rotatable bonds is 3. The first-order valence-corrected chi connectivity index (χ1v) is 3.10. The number of carboxylic acids is 1. The third-order valence-electron chi connectivity index (χ3n) is 1.47. The summed E-state index contributed by atoms with van der Waals surface area (Å²) in [6, 6.07) is 0. The first-order valence-electron chi connectivity index (χ1n) is 3.10. The molecule has 0 saturated heterocycles. The Kier molecular flexibility index (Phi) is 3.72. The van der Waals surface area contributed by atoms with Crippen LogP contribution in [0.5, 0.6) is 0 Å². The summed E-state index contributed by atoms with van der Waals surface area (Å²) in [6.45, 7) is 3.18. The maximum absolute atomic E-state index is 10.3. The third-order valence-corrected chi connectivity index (χ3v) is 1.47. The predicted molar refractivity (Wildman–Crippen MR) is 37.6 cm³/mol. The molecule has 0 heterocycles. The van der Waals surface area contributed by atoms with Crippen molar-refractivity contribution in [2.24, 2.45) is 5.92 Å². The Morgan fingerprint density at radius 2 is 2.20 bits per heavy atom. The minimum absolute atomic E-state index is 0.0938. The fourth-order valence-electron chi connectivity index (χ4n) is 0.516. The standard InChI is InChI=1S/C7H12O3/c1-5(3-4-8)6(2)7(9)10/h3,6,8H,4H2,1-2H3,(H,9,10). The van der Waals surface area contributed by atoms with Crippen LogP contribution in [0.1, 0.15) is 13.8 Å². The van der Waals surface area contributed by atoms with Crippen LogP contribution in [0.3, 0.4) is 0 Å². The highest BCUT2D eigenvalue weighted by Crippen LogP contribution is 2.08. The Morgan fingerprint density at radius 3 is 2.50 bits per heavy atom. The highest BCUT2D eigenvalue weighted by atomic mass is 16.4. The molecular weight excluding hydrogens is 132 g/mol. The molecule has 0 amide bonds. The molecule has 0 aromatic carbocycles. The summed E-state index contributed by atoms with van der Waals surface area (Å²) in [5, 5.41) is 16.9. The van der Waals surface area contributed by atoms with Gasteiger partial charge in [0.25, 0.3) is 0 Å². The van der Waals surface area contributed by atoms with E-state index in [1.807, 2.05) is 0 Å². The molecule has 0 fully saturated rings. The zero-order valence-corrected chi connectivity index (χ0v) is 6.16. The topological polar surface area (TPSA) is 57.5 Å². The Hall–Kier alpha value is -0.830. The van der Waals surface area contributed by atoms with Crippen LogP contribution in [-0.4, -0.2) is 22.8 Å². The molecule has 0 aromatic rings. The van der Waals surface area contributed by atoms with Crippen molar-refractivity contribution < 1.29 is 15.0 Å². The van der Waals surface area contributed by atoms with E-state index < -0.39 is 11.9 Å². The summed E-state index contributed by atoms with van der Waals surface area (Å²) in [6.07, 6.45) is 1.50. The van der Waals surface area contributed by atoms with Crippen LogP contribution >= 0.6 is 0 Å². The zero-order chi connectivity index (χ0) is 8.15. The molecule has 3 nitrogen and oxygen atoms in total. The molecule has 0 aromatic heterocycles. The summed E-state index contributed by atoms with van der Waals surface area (Å²) in [7, 11) is 0. The number of hydrogen-bond donors (Lipinski definition) is 2. The quantitative estimate of drug-likeness (QED) is 0.571. The minimum atomic E-state index is -0.859. The van der Waals surface area contributed by atoms with Gasteiger partial charge in [-0.1, -0.05) is 11.6 Å². The summed E-state index contributed by atoms with van der Waals surface area (Å²) in [4.78, 5) is 10.3. The van der Waals surface area contributed by atoms with Crippen molar-refractivity contribution >= 4 is 5.97 Å². The van der Waals surface area contributed by atoms with Gasteiger partial charge in [0.05, 0.1) is 12.5 Å². The van der Waals surface area contributed by atoms with Crippen molar-refractivity contribution in [3.63, 3.8) is 0 Å². The first-order chi connectivity index (χ1) is 4.59. The molecule has 10 heavy (non-hydrogen) atoms. The summed E-state index contributed by atoms with van der Waals surface area (Å²) < 4.78 is 0. The van der Waals surface area contributed by atoms with E-state index >= 15 is 0 Å². The zero-order valence-electron chi connectivity index (χ0n) is 6.16. The number of carbonyl (C=O) groups is 1. The number of carboxylic acid groups (broad SMARTS) is 1. The molecule has 0 rings (SSSR count). The van der Waals surface area contributed by atoms with Crippen molar-refractivity contribution in [2.75, 3.05) is 6.61 Å². The van der Waals surface area contributed by atoms with Gasteiger partial charge in [-0.25, -0.2) is 0 Å². The van der Waals surface area contributed by atoms with Crippen molar-refractivity contribution in [3.8, 4) is 0 Å². The lowest BCUT2D eigenvalue weighted by Crippen LogP contribution is -2.10. The van der Waals surface area contributed by atoms with Crippen molar-refractivity contribution in [1.82, 2.24) is 0 Å². The molecule has 0 bridgehead atoms. The van der Waals surface area contributed by atoms with Gasteiger partial charge in [-0.2, -0.15) is 0 Å². The molecule has 2 N–H and O–H groups in total. The first kappa shape index (κ1) is 9.17. The Balaban J connectivity index is 4.06. The summed E-state index contributed by atoms with van der Waals surface area (Å²) in [5.41, 5.74) is 0.690. The summed E-state index contributed by atoms with van der Waals surface area (Å²) >= 11 is 0. The molecule has 0 aliphatic heterocycles. The van der Waals surface area contributed by atoms with E-state index in [2.05, 4.69) is 0 Å². The lowest BCUT2D eigenvalue weighted by atomic mass is 10.0. The fraction of sp³-hybridized carbons (Fsp3) is 0.571. The average molecular weight is 144 g/mol. The lowest BCUT2D eigenvalue weighted by Gasteiger charge is -2.04. The highest BCUT2D eigenvalue weighted by Gasteiger charge is 2.11. The van der Waals surface area contributed by atoms with E-state index in [1.54, 1.807) is 13.8 Å². The van der Waals surface area contributed by atoms with Crippen LogP contribution in [0, 0.1) is 5.92 Å². The minimum Gasteiger partial charge on any atom is -0.481 e. The second-order valence-corrected chi connectivity index (χ2v) is 2.19. The smallest absolute Gasteiger partial charge is 0.310 e. The van der Waals surface area contributed by atoms with Gasteiger partial charge in [-0.3, -0.25) is 4.79 Å². The Labute approximate surface area is 60.0 Å². The van der Waals surface area contributed by atoms with Crippen LogP contribution in [-0.2, 0) is 4.79 Å². The molecule has 58 valence electrons. The van der Waals surface area contributed by atoms with E-state index in [4.69, 9.17) is 10.2 Å².